The van der Waals surface area contributed by atoms with Crippen molar-refractivity contribution in [2.75, 3.05) is 0 Å². The molecule has 0 saturated heterocycles. The van der Waals surface area contributed by atoms with Gasteiger partial charge in [0.25, 0.3) is 6.33 Å². The van der Waals surface area contributed by atoms with E-state index in [-0.39, 0.29) is 17.0 Å². The van der Waals surface area contributed by atoms with Crippen molar-refractivity contribution in [3.63, 3.8) is 0 Å². The standard InChI is InChI=1S/C18H36N3.BrH/c1-3-5-7-9-11-13-15-20-17-19-21(18-20)16-14-12-10-8-6-4-2;/h17-18H,3-16H2,1-2H3;1H/q+1;/p-1. The quantitative estimate of drug-likeness (QED) is 0.360. The minimum absolute atomic E-state index is 0. The van der Waals surface area contributed by atoms with Gasteiger partial charge in [-0.25, -0.2) is 4.57 Å². The largest absolute Gasteiger partial charge is 1.00 e. The molecule has 0 N–H and O–H groups in total. The van der Waals surface area contributed by atoms with E-state index in [0.29, 0.717) is 0 Å². The summed E-state index contributed by atoms with van der Waals surface area (Å²) in [5, 5.41) is 4.46. The van der Waals surface area contributed by atoms with Crippen LogP contribution in [-0.4, -0.2) is 9.78 Å². The molecule has 0 amide bonds. The van der Waals surface area contributed by atoms with Gasteiger partial charge in [-0.15, -0.1) is 4.68 Å². The van der Waals surface area contributed by atoms with E-state index in [2.05, 4.69) is 34.5 Å². The minimum Gasteiger partial charge on any atom is -1.00 e. The first-order valence-electron chi connectivity index (χ1n) is 9.28. The van der Waals surface area contributed by atoms with E-state index in [1.54, 1.807) is 0 Å². The highest BCUT2D eigenvalue weighted by molar-refractivity contribution is 4.49. The SMILES string of the molecule is CCCCCCCCn1c[n+](CCCCCCCC)cn1.[Br-]. The third-order valence-corrected chi connectivity index (χ3v) is 4.14. The van der Waals surface area contributed by atoms with E-state index in [1.807, 2.05) is 6.33 Å². The summed E-state index contributed by atoms with van der Waals surface area (Å²) >= 11 is 0. The predicted molar refractivity (Wildman–Crippen MR) is 89.2 cm³/mol. The fraction of sp³-hybridized carbons (Fsp3) is 0.889. The Labute approximate surface area is 148 Å². The van der Waals surface area contributed by atoms with Gasteiger partial charge in [0.2, 0.25) is 6.33 Å². The average molecular weight is 374 g/mol. The van der Waals surface area contributed by atoms with Gasteiger partial charge in [0.1, 0.15) is 6.54 Å². The molecular weight excluding hydrogens is 338 g/mol. The molecule has 3 nitrogen and oxygen atoms in total. The monoisotopic (exact) mass is 373 g/mol. The Balaban J connectivity index is 0.00000441. The zero-order valence-electron chi connectivity index (χ0n) is 14.8. The van der Waals surface area contributed by atoms with Crippen LogP contribution in [0.3, 0.4) is 0 Å². The number of rotatable bonds is 14. The lowest BCUT2D eigenvalue weighted by Crippen LogP contribution is -3.00. The molecule has 0 spiro atoms. The van der Waals surface area contributed by atoms with Gasteiger partial charge >= 0.3 is 0 Å². The van der Waals surface area contributed by atoms with E-state index >= 15 is 0 Å². The molecule has 0 aliphatic heterocycles. The lowest BCUT2D eigenvalue weighted by molar-refractivity contribution is -0.698. The first-order chi connectivity index (χ1) is 10.4. The third-order valence-electron chi connectivity index (χ3n) is 4.14. The molecule has 0 fully saturated rings. The molecule has 0 aromatic carbocycles. The Morgan fingerprint density at radius 2 is 1.32 bits per heavy atom. The number of nitrogens with zero attached hydrogens (tertiary/aromatic N) is 3. The number of halogens is 1. The molecule has 0 bridgehead atoms. The van der Waals surface area contributed by atoms with Crippen LogP contribution < -0.4 is 21.5 Å². The molecule has 0 aliphatic carbocycles. The maximum Gasteiger partial charge on any atom is 0.265 e. The summed E-state index contributed by atoms with van der Waals surface area (Å²) in [4.78, 5) is 0. The zero-order valence-corrected chi connectivity index (χ0v) is 16.4. The Kier molecular flexibility index (Phi) is 15.2. The van der Waals surface area contributed by atoms with Crippen LogP contribution in [0.1, 0.15) is 90.9 Å². The summed E-state index contributed by atoms with van der Waals surface area (Å²) in [5.41, 5.74) is 0. The highest BCUT2D eigenvalue weighted by atomic mass is 79.9. The molecule has 1 aromatic heterocycles. The van der Waals surface area contributed by atoms with Crippen molar-refractivity contribution in [3.8, 4) is 0 Å². The third kappa shape index (κ3) is 11.2. The number of hydrogen-bond acceptors (Lipinski definition) is 1. The average Bonchev–Trinajstić information content (AvgIpc) is 2.94. The molecule has 1 heterocycles. The number of unbranched alkanes of at least 4 members (excludes halogenated alkanes) is 10. The fourth-order valence-electron chi connectivity index (χ4n) is 2.72. The minimum atomic E-state index is 0. The van der Waals surface area contributed by atoms with Gasteiger partial charge in [-0.3, -0.25) is 0 Å². The van der Waals surface area contributed by atoms with Gasteiger partial charge in [0.05, 0.1) is 6.54 Å². The Hall–Kier alpha value is -0.380. The molecule has 130 valence electrons. The zero-order chi connectivity index (χ0) is 15.2. The molecule has 1 aromatic rings. The Bertz CT molecular complexity index is 308. The molecule has 0 unspecified atom stereocenters. The first-order valence-corrected chi connectivity index (χ1v) is 9.28. The molecule has 0 atom stereocenters. The lowest BCUT2D eigenvalue weighted by atomic mass is 10.1. The molecule has 4 heteroatoms. The summed E-state index contributed by atoms with van der Waals surface area (Å²) in [6.45, 7) is 6.75. The summed E-state index contributed by atoms with van der Waals surface area (Å²) in [6.07, 6.45) is 20.4. The van der Waals surface area contributed by atoms with Crippen LogP contribution in [0, 0.1) is 0 Å². The van der Waals surface area contributed by atoms with Gasteiger partial charge in [-0.2, -0.15) is 0 Å². The van der Waals surface area contributed by atoms with E-state index in [1.165, 1.54) is 77.0 Å². The maximum atomic E-state index is 4.46. The van der Waals surface area contributed by atoms with E-state index < -0.39 is 0 Å². The van der Waals surface area contributed by atoms with E-state index in [4.69, 9.17) is 0 Å². The van der Waals surface area contributed by atoms with E-state index in [9.17, 15) is 0 Å². The molecule has 0 aliphatic rings. The second kappa shape index (κ2) is 15.5. The lowest BCUT2D eigenvalue weighted by Gasteiger charge is -1.99. The van der Waals surface area contributed by atoms with Crippen LogP contribution in [0.15, 0.2) is 12.7 Å². The summed E-state index contributed by atoms with van der Waals surface area (Å²) in [6, 6.07) is 0. The molecule has 1 rings (SSSR count). The Morgan fingerprint density at radius 3 is 1.95 bits per heavy atom. The van der Waals surface area contributed by atoms with Crippen molar-refractivity contribution in [2.45, 2.75) is 104 Å². The second-order valence-electron chi connectivity index (χ2n) is 6.28. The first kappa shape index (κ1) is 21.6. The molecular formula is C18H36BrN3. The number of aromatic nitrogens is 3. The van der Waals surface area contributed by atoms with Gasteiger partial charge in [0.15, 0.2) is 0 Å². The van der Waals surface area contributed by atoms with Crippen LogP contribution in [0.2, 0.25) is 0 Å². The van der Waals surface area contributed by atoms with Crippen LogP contribution >= 0.6 is 0 Å². The van der Waals surface area contributed by atoms with Gasteiger partial charge in [0, 0.05) is 5.10 Å². The van der Waals surface area contributed by atoms with Crippen LogP contribution in [-0.2, 0) is 13.1 Å². The highest BCUT2D eigenvalue weighted by Gasteiger charge is 2.04. The van der Waals surface area contributed by atoms with Crippen molar-refractivity contribution in [2.24, 2.45) is 0 Å². The van der Waals surface area contributed by atoms with Crippen molar-refractivity contribution in [3.05, 3.63) is 12.7 Å². The number of aryl methyl sites for hydroxylation is 2. The Morgan fingerprint density at radius 1 is 0.773 bits per heavy atom. The van der Waals surface area contributed by atoms with Crippen molar-refractivity contribution in [1.29, 1.82) is 0 Å². The summed E-state index contributed by atoms with van der Waals surface area (Å²) < 4.78 is 4.35. The topological polar surface area (TPSA) is 21.7 Å². The van der Waals surface area contributed by atoms with E-state index in [0.717, 1.165) is 13.1 Å². The smallest absolute Gasteiger partial charge is 0.265 e. The highest BCUT2D eigenvalue weighted by Crippen LogP contribution is 2.06. The summed E-state index contributed by atoms with van der Waals surface area (Å²) in [5.74, 6) is 0. The molecule has 0 radical (unpaired) electrons. The van der Waals surface area contributed by atoms with Gasteiger partial charge < -0.3 is 17.0 Å². The fourth-order valence-corrected chi connectivity index (χ4v) is 2.72. The summed E-state index contributed by atoms with van der Waals surface area (Å²) in [7, 11) is 0. The van der Waals surface area contributed by atoms with Crippen molar-refractivity contribution < 1.29 is 21.5 Å². The second-order valence-corrected chi connectivity index (χ2v) is 6.28. The number of hydrogen-bond donors (Lipinski definition) is 0. The van der Waals surface area contributed by atoms with Crippen molar-refractivity contribution >= 4 is 0 Å². The molecule has 0 saturated carbocycles. The maximum absolute atomic E-state index is 4.46. The van der Waals surface area contributed by atoms with Crippen LogP contribution in [0.5, 0.6) is 0 Å². The van der Waals surface area contributed by atoms with Crippen LogP contribution in [0.4, 0.5) is 0 Å². The van der Waals surface area contributed by atoms with Gasteiger partial charge in [-0.05, 0) is 12.8 Å². The van der Waals surface area contributed by atoms with Gasteiger partial charge in [-0.1, -0.05) is 78.1 Å². The normalized spacial score (nSPS) is 10.6. The molecule has 22 heavy (non-hydrogen) atoms. The predicted octanol–water partition coefficient (Wildman–Crippen LogP) is 1.90. The van der Waals surface area contributed by atoms with Crippen LogP contribution in [0.25, 0.3) is 0 Å². The van der Waals surface area contributed by atoms with Crippen molar-refractivity contribution in [1.82, 2.24) is 9.78 Å².